The van der Waals surface area contributed by atoms with Crippen LogP contribution in [0.2, 0.25) is 0 Å². The van der Waals surface area contributed by atoms with Crippen LogP contribution in [0.3, 0.4) is 0 Å². The first-order valence-electron chi connectivity index (χ1n) is 16.0. The zero-order valence-corrected chi connectivity index (χ0v) is 30.2. The zero-order valence-electron chi connectivity index (χ0n) is 29.1. The molecule has 2 nitrogen and oxygen atoms in total. The van der Waals surface area contributed by atoms with Gasteiger partial charge in [0.2, 0.25) is 0 Å². The molecule has 0 spiro atoms. The monoisotopic (exact) mass is 690 g/mol. The number of fused-ring (bicyclic) bond motifs is 1. The van der Waals surface area contributed by atoms with Gasteiger partial charge in [-0.1, -0.05) is 220 Å². The van der Waals surface area contributed by atoms with Crippen LogP contribution in [0.15, 0.2) is 182 Å². The molecule has 250 valence electrons. The van der Waals surface area contributed by atoms with Gasteiger partial charge in [0.15, 0.2) is 0 Å². The summed E-state index contributed by atoms with van der Waals surface area (Å²) in [7, 11) is 4.09. The van der Waals surface area contributed by atoms with E-state index in [-0.39, 0.29) is 31.9 Å². The molecule has 0 aromatic heterocycles. The van der Waals surface area contributed by atoms with Gasteiger partial charge in [-0.25, -0.2) is 0 Å². The fourth-order valence-corrected chi connectivity index (χ4v) is 6.50. The van der Waals surface area contributed by atoms with Gasteiger partial charge >= 0.3 is 17.1 Å². The van der Waals surface area contributed by atoms with Crippen LogP contribution in [0.25, 0.3) is 66.9 Å². The van der Waals surface area contributed by atoms with E-state index in [1.54, 1.807) is 0 Å². The van der Waals surface area contributed by atoms with Crippen molar-refractivity contribution < 1.29 is 17.1 Å². The average Bonchev–Trinajstić information content (AvgIpc) is 3.77. The topological polar surface area (TPSA) is 17.3 Å². The Morgan fingerprint density at radius 2 is 0.840 bits per heavy atom. The summed E-state index contributed by atoms with van der Waals surface area (Å²) in [5.74, 6) is 0. The quantitative estimate of drug-likeness (QED) is 0.128. The van der Waals surface area contributed by atoms with Crippen molar-refractivity contribution in [2.75, 3.05) is 19.0 Å². The Labute approximate surface area is 309 Å². The molecule has 0 bridgehead atoms. The Bertz CT molecular complexity index is 1830. The minimum atomic E-state index is 0. The number of pyridine rings is 1. The molecule has 0 saturated heterocycles. The van der Waals surface area contributed by atoms with Gasteiger partial charge in [0.25, 0.3) is 0 Å². The van der Waals surface area contributed by atoms with Gasteiger partial charge < -0.3 is 24.7 Å². The molecule has 6 aromatic carbocycles. The van der Waals surface area contributed by atoms with Crippen molar-refractivity contribution in [1.82, 2.24) is 4.98 Å². The second-order valence-corrected chi connectivity index (χ2v) is 11.8. The van der Waals surface area contributed by atoms with Crippen molar-refractivity contribution in [3.63, 3.8) is 0 Å². The van der Waals surface area contributed by atoms with E-state index in [4.69, 9.17) is 0 Å². The Morgan fingerprint density at radius 1 is 0.440 bits per heavy atom. The van der Waals surface area contributed by atoms with Crippen LogP contribution in [0.5, 0.6) is 0 Å². The maximum atomic E-state index is 4.26. The van der Waals surface area contributed by atoms with Crippen LogP contribution in [-0.4, -0.2) is 14.1 Å². The molecule has 1 aliphatic carbocycles. The van der Waals surface area contributed by atoms with E-state index in [0.29, 0.717) is 0 Å². The van der Waals surface area contributed by atoms with Crippen LogP contribution in [0, 0.1) is 14.9 Å². The largest absolute Gasteiger partial charge is 2.00 e. The molecule has 0 radical (unpaired) electrons. The molecule has 0 amide bonds. The smallest absolute Gasteiger partial charge is 0.663 e. The Balaban J connectivity index is 0.000000319. The third-order valence-electron chi connectivity index (χ3n) is 8.56. The van der Waals surface area contributed by atoms with Crippen LogP contribution < -0.4 is 9.88 Å². The fraction of sp³-hybridized carbons (Fsp3) is 0.0426. The summed E-state index contributed by atoms with van der Waals surface area (Å²) in [5.41, 5.74) is 16.0. The van der Waals surface area contributed by atoms with Crippen molar-refractivity contribution in [2.24, 2.45) is 0 Å². The summed E-state index contributed by atoms with van der Waals surface area (Å²) < 4.78 is 0. The maximum Gasteiger partial charge on any atom is 2.00 e. The molecule has 8 rings (SSSR count). The van der Waals surface area contributed by atoms with Gasteiger partial charge in [-0.05, 0) is 16.7 Å². The number of hydrogen-bond acceptors (Lipinski definition) is 1. The number of hydrogen-bond donors (Lipinski definition) is 0. The summed E-state index contributed by atoms with van der Waals surface area (Å²) in [6.45, 7) is 0. The molecular weight excluding hydrogens is 648 g/mol. The third kappa shape index (κ3) is 7.56. The van der Waals surface area contributed by atoms with Gasteiger partial charge in [0, 0.05) is 19.8 Å². The van der Waals surface area contributed by atoms with Crippen molar-refractivity contribution >= 4 is 5.69 Å². The number of rotatable bonds is 6. The Hall–Kier alpha value is -5.47. The van der Waals surface area contributed by atoms with Crippen molar-refractivity contribution in [3.05, 3.63) is 197 Å². The predicted octanol–water partition coefficient (Wildman–Crippen LogP) is 12.5. The molecule has 0 N–H and O–H groups in total. The van der Waals surface area contributed by atoms with Gasteiger partial charge in [-0.3, -0.25) is 0 Å². The second kappa shape index (κ2) is 17.3. The van der Waals surface area contributed by atoms with Crippen LogP contribution in [0.1, 0.15) is 0 Å². The molecule has 50 heavy (non-hydrogen) atoms. The summed E-state index contributed by atoms with van der Waals surface area (Å²) in [6, 6.07) is 62.3. The van der Waals surface area contributed by atoms with E-state index >= 15 is 0 Å². The van der Waals surface area contributed by atoms with Gasteiger partial charge in [0.05, 0.1) is 0 Å². The van der Waals surface area contributed by atoms with E-state index in [1.165, 1.54) is 66.9 Å². The molecule has 2 aliphatic rings. The van der Waals surface area contributed by atoms with E-state index in [0.717, 1.165) is 5.69 Å². The number of nitrogens with zero attached hydrogens (tertiary/aromatic N) is 2. The van der Waals surface area contributed by atoms with Crippen molar-refractivity contribution in [2.45, 2.75) is 0 Å². The Morgan fingerprint density at radius 3 is 1.26 bits per heavy atom. The van der Waals surface area contributed by atoms with Crippen molar-refractivity contribution in [3.8, 4) is 66.9 Å². The molecule has 1 heterocycles. The van der Waals surface area contributed by atoms with Gasteiger partial charge in [0.1, 0.15) is 0 Å². The predicted molar refractivity (Wildman–Crippen MR) is 213 cm³/mol. The average molecular weight is 691 g/mol. The first kappa shape index (κ1) is 37.3. The normalized spacial score (nSPS) is 10.1. The zero-order chi connectivity index (χ0) is 32.0. The van der Waals surface area contributed by atoms with E-state index in [9.17, 15) is 0 Å². The second-order valence-electron chi connectivity index (χ2n) is 11.8. The number of benzene rings is 5. The molecule has 1 aliphatic heterocycles. The molecular formula is C47H42FeN2-2. The SMILES string of the molecule is CN(C)c1cc[n-]c2cccc1-2.[CH3-].[CH3-].[Fe+2].c1ccc(-c2c(-c3ccccc3)c(-c3ccccc3)[c-](-c3ccccc3)c2-c2ccccc2)cc1. The summed E-state index contributed by atoms with van der Waals surface area (Å²) in [4.78, 5) is 6.36. The Kier molecular flexibility index (Phi) is 12.9. The molecule has 0 atom stereocenters. The molecule has 3 heteroatoms. The van der Waals surface area contributed by atoms with Crippen molar-refractivity contribution in [1.29, 1.82) is 0 Å². The first-order chi connectivity index (χ1) is 23.2. The molecule has 0 fully saturated rings. The van der Waals surface area contributed by atoms with Gasteiger partial charge in [-0.15, -0.1) is 5.69 Å². The van der Waals surface area contributed by atoms with Crippen LogP contribution in [-0.2, 0) is 17.1 Å². The van der Waals surface area contributed by atoms with Crippen LogP contribution >= 0.6 is 0 Å². The fourth-order valence-electron chi connectivity index (χ4n) is 6.50. The van der Waals surface area contributed by atoms with Crippen LogP contribution in [0.4, 0.5) is 5.69 Å². The maximum absolute atomic E-state index is 4.26. The molecule has 0 unspecified atom stereocenters. The minimum absolute atomic E-state index is 0. The standard InChI is InChI=1S/C35H25.C10H11N2.2CH3.Fe/c1-6-16-26(17-7-1)31-32(27-18-8-2-9-19-27)34(29-22-12-4-13-23-29)35(30-24-14-5-15-25-30)33(31)28-20-10-3-11-21-28;1-12(2)10-6-7-11-9-5-3-4-8(9)10;;;/h1-25H;3-7H,1-2H3;2*1H3;/q4*-1;+2. The first-order valence-corrected chi connectivity index (χ1v) is 16.0. The van der Waals surface area contributed by atoms with E-state index < -0.39 is 0 Å². The number of anilines is 1. The minimum Gasteiger partial charge on any atom is -0.663 e. The number of aromatic nitrogens is 1. The molecule has 0 saturated carbocycles. The third-order valence-corrected chi connectivity index (χ3v) is 8.56. The van der Waals surface area contributed by atoms with E-state index in [1.807, 2.05) is 38.5 Å². The summed E-state index contributed by atoms with van der Waals surface area (Å²) >= 11 is 0. The van der Waals surface area contributed by atoms with Gasteiger partial charge in [-0.2, -0.15) is 6.20 Å². The summed E-state index contributed by atoms with van der Waals surface area (Å²) in [6.07, 6.45) is 1.84. The summed E-state index contributed by atoms with van der Waals surface area (Å²) in [5, 5.41) is 0. The molecule has 6 aromatic rings. The van der Waals surface area contributed by atoms with E-state index in [2.05, 4.69) is 168 Å².